The van der Waals surface area contributed by atoms with Gasteiger partial charge in [0.05, 0.1) is 18.6 Å². The fourth-order valence-corrected chi connectivity index (χ4v) is 5.35. The highest BCUT2D eigenvalue weighted by molar-refractivity contribution is 7.92. The Hall–Kier alpha value is -3.92. The number of anilines is 1. The summed E-state index contributed by atoms with van der Waals surface area (Å²) in [5.74, 6) is -0.408. The van der Waals surface area contributed by atoms with Crippen LogP contribution < -0.4 is 14.4 Å². The maximum atomic E-state index is 13.6. The summed E-state index contributed by atoms with van der Waals surface area (Å²) in [5.41, 5.74) is 2.02. The van der Waals surface area contributed by atoms with E-state index in [0.717, 1.165) is 11.8 Å². The molecular weight excluding hydrogens is 533 g/mol. The molecule has 3 aromatic carbocycles. The first kappa shape index (κ1) is 30.6. The Bertz CT molecular complexity index is 1350. The molecule has 0 aliphatic heterocycles. The van der Waals surface area contributed by atoms with E-state index in [1.807, 2.05) is 37.3 Å². The van der Waals surface area contributed by atoms with Gasteiger partial charge in [-0.2, -0.15) is 0 Å². The molecule has 0 fully saturated rings. The molecule has 0 aliphatic carbocycles. The van der Waals surface area contributed by atoms with E-state index >= 15 is 0 Å². The molecule has 0 heterocycles. The highest BCUT2D eigenvalue weighted by Gasteiger charge is 2.30. The summed E-state index contributed by atoms with van der Waals surface area (Å²) in [6, 6.07) is 21.1. The van der Waals surface area contributed by atoms with Crippen LogP contribution in [0.5, 0.6) is 5.75 Å². The zero-order valence-corrected chi connectivity index (χ0v) is 23.9. The zero-order chi connectivity index (χ0) is 29.1. The Labute approximate surface area is 235 Å². The van der Waals surface area contributed by atoms with Gasteiger partial charge < -0.3 is 15.0 Å². The summed E-state index contributed by atoms with van der Waals surface area (Å²) in [6.07, 6.45) is 1.64. The van der Waals surface area contributed by atoms with Crippen LogP contribution in [-0.4, -0.2) is 57.6 Å². The molecule has 1 N–H and O–H groups in total. The van der Waals surface area contributed by atoms with Crippen LogP contribution >= 0.6 is 0 Å². The minimum absolute atomic E-state index is 0.00648. The van der Waals surface area contributed by atoms with Gasteiger partial charge in [0.15, 0.2) is 0 Å². The average molecular weight is 570 g/mol. The van der Waals surface area contributed by atoms with Crippen molar-refractivity contribution in [2.24, 2.45) is 0 Å². The first-order valence-electron chi connectivity index (χ1n) is 13.1. The lowest BCUT2D eigenvalue weighted by atomic mass is 10.0. The number of nitrogens with one attached hydrogen (secondary N) is 1. The second-order valence-electron chi connectivity index (χ2n) is 9.33. The van der Waals surface area contributed by atoms with Gasteiger partial charge in [-0.15, -0.1) is 0 Å². The second kappa shape index (κ2) is 14.5. The van der Waals surface area contributed by atoms with E-state index in [1.54, 1.807) is 36.4 Å². The van der Waals surface area contributed by atoms with Gasteiger partial charge >= 0.3 is 0 Å². The average Bonchev–Trinajstić information content (AvgIpc) is 2.94. The van der Waals surface area contributed by atoms with Crippen LogP contribution in [0.25, 0.3) is 0 Å². The molecule has 8 nitrogen and oxygen atoms in total. The Morgan fingerprint density at radius 2 is 1.60 bits per heavy atom. The molecule has 40 heavy (non-hydrogen) atoms. The van der Waals surface area contributed by atoms with Gasteiger partial charge in [-0.1, -0.05) is 42.5 Å². The summed E-state index contributed by atoms with van der Waals surface area (Å²) < 4.78 is 45.4. The van der Waals surface area contributed by atoms with Crippen LogP contribution in [0.1, 0.15) is 30.9 Å². The van der Waals surface area contributed by atoms with Crippen molar-refractivity contribution in [3.05, 3.63) is 95.8 Å². The van der Waals surface area contributed by atoms with Gasteiger partial charge in [0, 0.05) is 33.0 Å². The lowest BCUT2D eigenvalue weighted by Crippen LogP contribution is -2.49. The summed E-state index contributed by atoms with van der Waals surface area (Å²) in [7, 11) is -2.10. The molecular formula is C30H36FN3O5S. The molecule has 2 amide bonds. The van der Waals surface area contributed by atoms with Crippen LogP contribution in [-0.2, 0) is 32.6 Å². The number of carbonyl (C=O) groups excluding carboxylic acids is 2. The predicted molar refractivity (Wildman–Crippen MR) is 154 cm³/mol. The Morgan fingerprint density at radius 3 is 2.17 bits per heavy atom. The van der Waals surface area contributed by atoms with Crippen LogP contribution in [0.4, 0.5) is 10.1 Å². The topological polar surface area (TPSA) is 96.0 Å². The van der Waals surface area contributed by atoms with E-state index in [-0.39, 0.29) is 44.2 Å². The summed E-state index contributed by atoms with van der Waals surface area (Å²) in [5, 5.41) is 2.65. The smallest absolute Gasteiger partial charge is 0.242 e. The zero-order valence-electron chi connectivity index (χ0n) is 23.0. The van der Waals surface area contributed by atoms with Crippen LogP contribution in [0.3, 0.4) is 0 Å². The minimum Gasteiger partial charge on any atom is -0.494 e. The Kier molecular flexibility index (Phi) is 11.1. The number of nitrogens with zero attached hydrogens (tertiary/aromatic N) is 2. The summed E-state index contributed by atoms with van der Waals surface area (Å²) >= 11 is 0. The molecule has 3 rings (SSSR count). The number of hydrogen-bond acceptors (Lipinski definition) is 5. The van der Waals surface area contributed by atoms with Gasteiger partial charge in [0.2, 0.25) is 21.8 Å². The van der Waals surface area contributed by atoms with Crippen molar-refractivity contribution in [2.75, 3.05) is 30.8 Å². The number of amides is 2. The minimum atomic E-state index is -3.62. The molecule has 0 aromatic heterocycles. The fraction of sp³-hybridized carbons (Fsp3) is 0.333. The number of ether oxygens (including phenoxy) is 1. The number of benzene rings is 3. The van der Waals surface area contributed by atoms with Crippen molar-refractivity contribution in [1.82, 2.24) is 10.2 Å². The van der Waals surface area contributed by atoms with Gasteiger partial charge in [-0.25, -0.2) is 12.8 Å². The number of carbonyl (C=O) groups is 2. The summed E-state index contributed by atoms with van der Waals surface area (Å²) in [6.45, 7) is 2.53. The van der Waals surface area contributed by atoms with E-state index < -0.39 is 21.9 Å². The van der Waals surface area contributed by atoms with Crippen LogP contribution in [0.15, 0.2) is 78.9 Å². The predicted octanol–water partition coefficient (Wildman–Crippen LogP) is 4.16. The lowest BCUT2D eigenvalue weighted by molar-refractivity contribution is -0.141. The first-order valence-corrected chi connectivity index (χ1v) is 15.0. The molecule has 10 heteroatoms. The van der Waals surface area contributed by atoms with Crippen molar-refractivity contribution < 1.29 is 27.1 Å². The van der Waals surface area contributed by atoms with Crippen molar-refractivity contribution in [1.29, 1.82) is 0 Å². The van der Waals surface area contributed by atoms with Gasteiger partial charge in [0.1, 0.15) is 17.6 Å². The third-order valence-corrected chi connectivity index (χ3v) is 7.57. The highest BCUT2D eigenvalue weighted by atomic mass is 32.2. The Balaban J connectivity index is 1.81. The molecule has 0 unspecified atom stereocenters. The molecule has 1 atom stereocenters. The number of halogens is 1. The highest BCUT2D eigenvalue weighted by Crippen LogP contribution is 2.23. The molecule has 0 saturated carbocycles. The first-order chi connectivity index (χ1) is 19.1. The fourth-order valence-electron chi connectivity index (χ4n) is 4.39. The molecule has 0 saturated heterocycles. The molecule has 214 valence electrons. The molecule has 0 aliphatic rings. The SMILES string of the molecule is CCOc1ccc(N(CCCC(=O)N(Cc2ccc(F)cc2)[C@@H](Cc2ccccc2)C(=O)NC)S(C)(=O)=O)cc1. The number of rotatable bonds is 14. The number of sulfonamides is 1. The largest absolute Gasteiger partial charge is 0.494 e. The van der Waals surface area contributed by atoms with Crippen molar-refractivity contribution in [3.8, 4) is 5.75 Å². The second-order valence-corrected chi connectivity index (χ2v) is 11.2. The van der Waals surface area contributed by atoms with E-state index in [0.29, 0.717) is 23.6 Å². The van der Waals surface area contributed by atoms with Gasteiger partial charge in [-0.3, -0.25) is 13.9 Å². The number of likely N-dealkylation sites (N-methyl/N-ethyl adjacent to an activating group) is 1. The van der Waals surface area contributed by atoms with Crippen LogP contribution in [0.2, 0.25) is 0 Å². The Morgan fingerprint density at radius 1 is 0.950 bits per heavy atom. The standard InChI is InChI=1S/C30H36FN3O5S/c1-4-39-27-18-16-26(17-19-27)34(40(3,37)38)20-8-11-29(35)33(22-24-12-14-25(31)15-13-24)28(30(36)32-2)21-23-9-6-5-7-10-23/h5-7,9-10,12-19,28H,4,8,11,20-22H2,1-3H3,(H,32,36)/t28-/m0/s1. The summed E-state index contributed by atoms with van der Waals surface area (Å²) in [4.78, 5) is 28.1. The number of hydrogen-bond donors (Lipinski definition) is 1. The molecule has 3 aromatic rings. The van der Waals surface area contributed by atoms with E-state index in [9.17, 15) is 22.4 Å². The van der Waals surface area contributed by atoms with Crippen molar-refractivity contribution in [2.45, 2.75) is 38.8 Å². The van der Waals surface area contributed by atoms with Gasteiger partial charge in [0.25, 0.3) is 0 Å². The maximum Gasteiger partial charge on any atom is 0.242 e. The molecule has 0 radical (unpaired) electrons. The van der Waals surface area contributed by atoms with Crippen LogP contribution in [0, 0.1) is 5.82 Å². The third kappa shape index (κ3) is 8.81. The van der Waals surface area contributed by atoms with Gasteiger partial charge in [-0.05, 0) is 60.9 Å². The monoisotopic (exact) mass is 569 g/mol. The lowest BCUT2D eigenvalue weighted by Gasteiger charge is -2.31. The normalized spacial score (nSPS) is 11.9. The molecule has 0 bridgehead atoms. The van der Waals surface area contributed by atoms with E-state index in [2.05, 4.69) is 5.32 Å². The van der Waals surface area contributed by atoms with Crippen molar-refractivity contribution in [3.63, 3.8) is 0 Å². The molecule has 0 spiro atoms. The van der Waals surface area contributed by atoms with E-state index in [4.69, 9.17) is 4.74 Å². The third-order valence-electron chi connectivity index (χ3n) is 6.37. The quantitative estimate of drug-likeness (QED) is 0.315. The maximum absolute atomic E-state index is 13.6. The van der Waals surface area contributed by atoms with Crippen molar-refractivity contribution >= 4 is 27.5 Å². The van der Waals surface area contributed by atoms with E-state index in [1.165, 1.54) is 28.4 Å².